The van der Waals surface area contributed by atoms with Crippen LogP contribution >= 0.6 is 12.4 Å². The van der Waals surface area contributed by atoms with Crippen molar-refractivity contribution >= 4 is 12.4 Å². The zero-order chi connectivity index (χ0) is 12.2. The van der Waals surface area contributed by atoms with Crippen LogP contribution in [-0.4, -0.2) is 44.7 Å². The fraction of sp³-hybridized carbons (Fsp3) is 0.556. The first-order chi connectivity index (χ1) is 8.11. The zero-order valence-corrected chi connectivity index (χ0v) is 9.80. The third-order valence-electron chi connectivity index (χ3n) is 2.92. The van der Waals surface area contributed by atoms with Crippen LogP contribution in [0.2, 0.25) is 0 Å². The lowest BCUT2D eigenvalue weighted by molar-refractivity contribution is -0.0437. The highest BCUT2D eigenvalue weighted by Crippen LogP contribution is 2.38. The molecular weight excluding hydrogens is 269 g/mol. The maximum atomic E-state index is 13.2. The van der Waals surface area contributed by atoms with E-state index < -0.39 is 35.8 Å². The van der Waals surface area contributed by atoms with Crippen molar-refractivity contribution in [2.75, 3.05) is 6.61 Å². The molecule has 2 aliphatic rings. The van der Waals surface area contributed by atoms with Crippen molar-refractivity contribution in [3.8, 4) is 6.01 Å². The van der Waals surface area contributed by atoms with Gasteiger partial charge in [-0.25, -0.2) is 4.39 Å². The number of aliphatic hydroxyl groups is 2. The van der Waals surface area contributed by atoms with Gasteiger partial charge in [-0.2, -0.15) is 4.98 Å². The Morgan fingerprint density at radius 2 is 2.28 bits per heavy atom. The van der Waals surface area contributed by atoms with Crippen LogP contribution in [0, 0.1) is 11.2 Å². The number of nitrogens with one attached hydrogen (secondary N) is 1. The predicted molar refractivity (Wildman–Crippen MR) is 56.7 cm³/mol. The van der Waals surface area contributed by atoms with Crippen LogP contribution in [0.25, 0.3) is 0 Å². The smallest absolute Gasteiger partial charge is 0.301 e. The Bertz CT molecular complexity index is 525. The second kappa shape index (κ2) is 4.47. The molecule has 1 saturated heterocycles. The van der Waals surface area contributed by atoms with Gasteiger partial charge in [-0.1, -0.05) is 0 Å². The summed E-state index contributed by atoms with van der Waals surface area (Å²) < 4.78 is 25.1. The maximum Gasteiger partial charge on any atom is 0.301 e. The lowest BCUT2D eigenvalue weighted by Crippen LogP contribution is -2.34. The molecule has 2 aliphatic heterocycles. The largest absolute Gasteiger partial charge is 0.454 e. The first-order valence-corrected chi connectivity index (χ1v) is 5.06. The monoisotopic (exact) mass is 279 g/mol. The summed E-state index contributed by atoms with van der Waals surface area (Å²) in [5.74, 6) is -0.802. The van der Waals surface area contributed by atoms with Crippen LogP contribution in [0.3, 0.4) is 0 Å². The van der Waals surface area contributed by atoms with Crippen LogP contribution in [0.4, 0.5) is 4.39 Å². The van der Waals surface area contributed by atoms with Crippen molar-refractivity contribution < 1.29 is 24.1 Å². The van der Waals surface area contributed by atoms with Crippen LogP contribution in [0.5, 0.6) is 6.01 Å². The topological polar surface area (TPSA) is 101 Å². The number of ether oxygens (including phenoxy) is 2. The number of nitrogens with zero attached hydrogens (tertiary/aromatic N) is 2. The van der Waals surface area contributed by atoms with E-state index in [2.05, 4.69) is 4.98 Å². The summed E-state index contributed by atoms with van der Waals surface area (Å²) in [5, 5.41) is 25.9. The summed E-state index contributed by atoms with van der Waals surface area (Å²) in [7, 11) is 0. The number of hydrogen-bond donors (Lipinski definition) is 3. The van der Waals surface area contributed by atoms with Gasteiger partial charge in [0.1, 0.15) is 12.2 Å². The van der Waals surface area contributed by atoms with E-state index in [4.69, 9.17) is 20.0 Å². The molecule has 0 aromatic carbocycles. The Balaban J connectivity index is 0.00000120. The molecule has 3 heterocycles. The fourth-order valence-corrected chi connectivity index (χ4v) is 2.06. The molecule has 7 nitrogen and oxygen atoms in total. The molecule has 0 bridgehead atoms. The highest BCUT2D eigenvalue weighted by molar-refractivity contribution is 5.85. The Morgan fingerprint density at radius 3 is 2.94 bits per heavy atom. The summed E-state index contributed by atoms with van der Waals surface area (Å²) in [6.07, 6.45) is -2.18. The summed E-state index contributed by atoms with van der Waals surface area (Å²) >= 11 is 0. The molecule has 4 unspecified atom stereocenters. The van der Waals surface area contributed by atoms with Crippen molar-refractivity contribution in [2.24, 2.45) is 0 Å². The third-order valence-corrected chi connectivity index (χ3v) is 2.92. The van der Waals surface area contributed by atoms with E-state index in [-0.39, 0.29) is 25.0 Å². The SMILES string of the molecule is Cl.N=c1nc2n(cc1F)C1OC(CO)C(O)C1O2. The highest BCUT2D eigenvalue weighted by Gasteiger charge is 2.51. The molecule has 1 fully saturated rings. The summed E-state index contributed by atoms with van der Waals surface area (Å²) in [4.78, 5) is 3.60. The van der Waals surface area contributed by atoms with E-state index >= 15 is 0 Å². The van der Waals surface area contributed by atoms with Gasteiger partial charge in [0, 0.05) is 0 Å². The van der Waals surface area contributed by atoms with E-state index in [0.29, 0.717) is 0 Å². The van der Waals surface area contributed by atoms with E-state index in [1.165, 1.54) is 4.57 Å². The number of aliphatic hydroxyl groups excluding tert-OH is 2. The molecule has 1 aromatic heterocycles. The maximum absolute atomic E-state index is 13.2. The van der Waals surface area contributed by atoms with Crippen molar-refractivity contribution in [1.29, 1.82) is 5.41 Å². The minimum atomic E-state index is -1.01. The molecule has 0 amide bonds. The van der Waals surface area contributed by atoms with E-state index in [1.807, 2.05) is 0 Å². The average molecular weight is 280 g/mol. The normalized spacial score (nSPS) is 32.4. The van der Waals surface area contributed by atoms with Crippen LogP contribution in [0.1, 0.15) is 6.23 Å². The van der Waals surface area contributed by atoms with Crippen molar-refractivity contribution in [1.82, 2.24) is 9.55 Å². The number of halogens is 2. The molecular formula is C9H11ClFN3O4. The molecule has 3 rings (SSSR count). The van der Waals surface area contributed by atoms with Gasteiger partial charge in [0.15, 0.2) is 23.6 Å². The summed E-state index contributed by atoms with van der Waals surface area (Å²) in [5.41, 5.74) is -0.524. The van der Waals surface area contributed by atoms with Gasteiger partial charge in [0.2, 0.25) is 0 Å². The van der Waals surface area contributed by atoms with Gasteiger partial charge in [0.25, 0.3) is 0 Å². The van der Waals surface area contributed by atoms with Gasteiger partial charge >= 0.3 is 6.01 Å². The van der Waals surface area contributed by atoms with Gasteiger partial charge in [-0.15, -0.1) is 12.4 Å². The zero-order valence-electron chi connectivity index (χ0n) is 8.99. The minimum absolute atomic E-state index is 0. The Labute approximate surface area is 107 Å². The van der Waals surface area contributed by atoms with Gasteiger partial charge in [-0.05, 0) is 0 Å². The van der Waals surface area contributed by atoms with Gasteiger partial charge in [-0.3, -0.25) is 9.98 Å². The van der Waals surface area contributed by atoms with E-state index in [1.54, 1.807) is 0 Å². The Morgan fingerprint density at radius 1 is 1.56 bits per heavy atom. The minimum Gasteiger partial charge on any atom is -0.454 e. The van der Waals surface area contributed by atoms with Crippen LogP contribution in [-0.2, 0) is 4.74 Å². The quantitative estimate of drug-likeness (QED) is 0.608. The molecule has 0 radical (unpaired) electrons. The lowest BCUT2D eigenvalue weighted by atomic mass is 10.1. The molecule has 4 atom stereocenters. The van der Waals surface area contributed by atoms with Gasteiger partial charge in [0.05, 0.1) is 12.8 Å². The summed E-state index contributed by atoms with van der Waals surface area (Å²) in [6, 6.07) is 0.0295. The van der Waals surface area contributed by atoms with Crippen molar-refractivity contribution in [3.63, 3.8) is 0 Å². The third kappa shape index (κ3) is 1.69. The number of aromatic nitrogens is 2. The van der Waals surface area contributed by atoms with Crippen molar-refractivity contribution in [2.45, 2.75) is 24.5 Å². The fourth-order valence-electron chi connectivity index (χ4n) is 2.06. The average Bonchev–Trinajstić information content (AvgIpc) is 2.78. The Kier molecular flexibility index (Phi) is 3.28. The van der Waals surface area contributed by atoms with Gasteiger partial charge < -0.3 is 19.7 Å². The van der Waals surface area contributed by atoms with Crippen LogP contribution in [0.15, 0.2) is 6.20 Å². The second-order valence-corrected chi connectivity index (χ2v) is 3.95. The highest BCUT2D eigenvalue weighted by atomic mass is 35.5. The number of rotatable bonds is 1. The molecule has 3 N–H and O–H groups in total. The number of fused-ring (bicyclic) bond motifs is 3. The Hall–Kier alpha value is -1.22. The molecule has 0 aliphatic carbocycles. The molecule has 18 heavy (non-hydrogen) atoms. The molecule has 9 heteroatoms. The molecule has 0 spiro atoms. The summed E-state index contributed by atoms with van der Waals surface area (Å²) in [6.45, 7) is -0.347. The first kappa shape index (κ1) is 13.2. The first-order valence-electron chi connectivity index (χ1n) is 5.06. The number of hydrogen-bond acceptors (Lipinski definition) is 6. The second-order valence-electron chi connectivity index (χ2n) is 3.95. The van der Waals surface area contributed by atoms with E-state index in [0.717, 1.165) is 6.20 Å². The molecule has 1 aromatic rings. The predicted octanol–water partition coefficient (Wildman–Crippen LogP) is -1.06. The lowest BCUT2D eigenvalue weighted by Gasteiger charge is -2.14. The van der Waals surface area contributed by atoms with Crippen molar-refractivity contribution in [3.05, 3.63) is 17.5 Å². The molecule has 100 valence electrons. The van der Waals surface area contributed by atoms with Crippen LogP contribution < -0.4 is 10.2 Å². The van der Waals surface area contributed by atoms with E-state index in [9.17, 15) is 9.50 Å². The molecule has 0 saturated carbocycles. The standard InChI is InChI=1S/C9H10FN3O4.ClH/c10-3-1-13-8-6(5(15)4(2-14)16-8)17-9(13)12-7(3)11;/h1,4-6,8,11,14-15H,2H2;1H.